The first-order valence-electron chi connectivity index (χ1n) is 13.1. The zero-order valence-electron chi connectivity index (χ0n) is 21.1. The Kier molecular flexibility index (Phi) is 6.65. The fourth-order valence-electron chi connectivity index (χ4n) is 5.56. The molecule has 4 aromatic rings. The topological polar surface area (TPSA) is 76.5 Å². The molecule has 192 valence electrons. The molecule has 7 heteroatoms. The number of piperidine rings is 1. The summed E-state index contributed by atoms with van der Waals surface area (Å²) in [5.41, 5.74) is 4.72. The lowest BCUT2D eigenvalue weighted by Gasteiger charge is -2.42. The first-order valence-corrected chi connectivity index (χ1v) is 13.1. The Morgan fingerprint density at radius 3 is 2.53 bits per heavy atom. The lowest BCUT2D eigenvalue weighted by molar-refractivity contribution is -0.136. The minimum absolute atomic E-state index is 0.00768. The van der Waals surface area contributed by atoms with E-state index in [1.165, 1.54) is 0 Å². The smallest absolute Gasteiger partial charge is 0.274 e. The lowest BCUT2D eigenvalue weighted by atomic mass is 9.83. The van der Waals surface area contributed by atoms with Gasteiger partial charge >= 0.3 is 0 Å². The highest BCUT2D eigenvalue weighted by molar-refractivity contribution is 5.78. The molecule has 2 aliphatic heterocycles. The van der Waals surface area contributed by atoms with E-state index in [1.54, 1.807) is 6.20 Å². The van der Waals surface area contributed by atoms with Gasteiger partial charge in [-0.2, -0.15) is 0 Å². The summed E-state index contributed by atoms with van der Waals surface area (Å²) < 4.78 is 7.59. The van der Waals surface area contributed by atoms with Gasteiger partial charge in [-0.25, -0.2) is 0 Å². The van der Waals surface area contributed by atoms with E-state index in [0.717, 1.165) is 28.9 Å². The molecule has 2 bridgehead atoms. The van der Waals surface area contributed by atoms with Crippen molar-refractivity contribution in [2.75, 3.05) is 25.0 Å². The van der Waals surface area contributed by atoms with Gasteiger partial charge in [0.05, 0.1) is 5.69 Å². The van der Waals surface area contributed by atoms with Gasteiger partial charge in [0.2, 0.25) is 0 Å². The second-order valence-electron chi connectivity index (χ2n) is 10.1. The van der Waals surface area contributed by atoms with Crippen LogP contribution in [0.1, 0.15) is 23.6 Å². The number of nitrogens with one attached hydrogen (secondary N) is 1. The lowest BCUT2D eigenvalue weighted by Crippen LogP contribution is -2.50. The summed E-state index contributed by atoms with van der Waals surface area (Å²) in [4.78, 5) is 32.5. The number of pyridine rings is 2. The van der Waals surface area contributed by atoms with Gasteiger partial charge in [0.1, 0.15) is 11.4 Å². The van der Waals surface area contributed by atoms with Crippen LogP contribution in [0, 0.1) is 5.92 Å². The summed E-state index contributed by atoms with van der Waals surface area (Å²) in [5, 5.41) is 3.33. The number of amides is 1. The van der Waals surface area contributed by atoms with Crippen molar-refractivity contribution in [3.05, 3.63) is 113 Å². The number of likely N-dealkylation sites (tertiary alicyclic amines) is 1. The highest BCUT2D eigenvalue weighted by atomic mass is 16.5. The number of carbonyl (C=O) groups excluding carboxylic acids is 1. The van der Waals surface area contributed by atoms with Crippen LogP contribution in [0.3, 0.4) is 0 Å². The molecule has 2 aromatic carbocycles. The molecule has 38 heavy (non-hydrogen) atoms. The van der Waals surface area contributed by atoms with Crippen molar-refractivity contribution in [3.63, 3.8) is 0 Å². The Hall–Kier alpha value is -4.39. The third-order valence-corrected chi connectivity index (χ3v) is 7.46. The summed E-state index contributed by atoms with van der Waals surface area (Å²) in [6.07, 6.45) is 2.79. The van der Waals surface area contributed by atoms with E-state index in [9.17, 15) is 9.59 Å². The van der Waals surface area contributed by atoms with Gasteiger partial charge in [0.25, 0.3) is 11.5 Å². The summed E-state index contributed by atoms with van der Waals surface area (Å²) in [6.45, 7) is 2.49. The number of aromatic nitrogens is 2. The van der Waals surface area contributed by atoms with Crippen LogP contribution < -0.4 is 15.6 Å². The first-order chi connectivity index (χ1) is 18.6. The molecule has 0 spiro atoms. The molecule has 1 fully saturated rings. The zero-order valence-corrected chi connectivity index (χ0v) is 21.1. The summed E-state index contributed by atoms with van der Waals surface area (Å²) in [5.74, 6) is 1.10. The van der Waals surface area contributed by atoms with E-state index in [0.29, 0.717) is 37.6 Å². The second kappa shape index (κ2) is 10.5. The zero-order chi connectivity index (χ0) is 25.9. The van der Waals surface area contributed by atoms with Crippen molar-refractivity contribution >= 4 is 11.6 Å². The van der Waals surface area contributed by atoms with Crippen LogP contribution in [-0.4, -0.2) is 40.1 Å². The molecule has 4 heterocycles. The Morgan fingerprint density at radius 2 is 1.74 bits per heavy atom. The molecule has 1 amide bonds. The van der Waals surface area contributed by atoms with Crippen molar-refractivity contribution in [2.45, 2.75) is 25.4 Å². The van der Waals surface area contributed by atoms with Crippen LogP contribution in [-0.2, 0) is 17.9 Å². The van der Waals surface area contributed by atoms with Gasteiger partial charge in [0.15, 0.2) is 6.61 Å². The maximum absolute atomic E-state index is 13.4. The maximum atomic E-state index is 13.4. The SMILES string of the molecule is O=C(COc1ccccc1)N1C[C@@H]2C[C@H](C1)c1ccc(NCc3ccc(-c4ccccn4)cc3)c(=O)n1C2. The number of ether oxygens (including phenoxy) is 1. The average Bonchev–Trinajstić information content (AvgIpc) is 2.97. The quantitative estimate of drug-likeness (QED) is 0.398. The molecule has 1 N–H and O–H groups in total. The predicted molar refractivity (Wildman–Crippen MR) is 147 cm³/mol. The summed E-state index contributed by atoms with van der Waals surface area (Å²) >= 11 is 0. The molecular formula is C31H30N4O3. The number of nitrogens with zero attached hydrogens (tertiary/aromatic N) is 3. The Morgan fingerprint density at radius 1 is 0.921 bits per heavy atom. The molecule has 2 atom stereocenters. The van der Waals surface area contributed by atoms with E-state index < -0.39 is 0 Å². The van der Waals surface area contributed by atoms with Crippen molar-refractivity contribution in [1.82, 2.24) is 14.5 Å². The van der Waals surface area contributed by atoms with Gasteiger partial charge in [-0.05, 0) is 54.3 Å². The Balaban J connectivity index is 1.10. The van der Waals surface area contributed by atoms with Crippen LogP contribution in [0.15, 0.2) is 95.9 Å². The molecule has 2 aliphatic rings. The second-order valence-corrected chi connectivity index (χ2v) is 10.1. The predicted octanol–water partition coefficient (Wildman–Crippen LogP) is 4.55. The molecule has 0 unspecified atom stereocenters. The van der Waals surface area contributed by atoms with Crippen LogP contribution >= 0.6 is 0 Å². The van der Waals surface area contributed by atoms with Crippen molar-refractivity contribution in [3.8, 4) is 17.0 Å². The van der Waals surface area contributed by atoms with Crippen molar-refractivity contribution in [2.24, 2.45) is 5.92 Å². The number of fused-ring (bicyclic) bond motifs is 4. The van der Waals surface area contributed by atoms with Crippen LogP contribution in [0.25, 0.3) is 11.3 Å². The molecule has 7 nitrogen and oxygen atoms in total. The molecule has 6 rings (SSSR count). The van der Waals surface area contributed by atoms with Crippen LogP contribution in [0.5, 0.6) is 5.75 Å². The largest absolute Gasteiger partial charge is 0.484 e. The van der Waals surface area contributed by atoms with E-state index in [4.69, 9.17) is 4.74 Å². The molecule has 2 aromatic heterocycles. The highest BCUT2D eigenvalue weighted by Crippen LogP contribution is 2.35. The molecule has 0 aliphatic carbocycles. The van der Waals surface area contributed by atoms with Crippen molar-refractivity contribution in [1.29, 1.82) is 0 Å². The summed E-state index contributed by atoms with van der Waals surface area (Å²) in [6, 6.07) is 27.4. The first kappa shape index (κ1) is 24.0. The number of rotatable bonds is 7. The van der Waals surface area contributed by atoms with Crippen LogP contribution in [0.2, 0.25) is 0 Å². The van der Waals surface area contributed by atoms with Gasteiger partial charge in [0, 0.05) is 49.6 Å². The number of carbonyl (C=O) groups is 1. The third-order valence-electron chi connectivity index (χ3n) is 7.46. The summed E-state index contributed by atoms with van der Waals surface area (Å²) in [7, 11) is 0. The number of para-hydroxylation sites is 1. The minimum Gasteiger partial charge on any atom is -0.484 e. The third kappa shape index (κ3) is 5.05. The Bertz CT molecular complexity index is 1470. The number of benzene rings is 2. The van der Waals surface area contributed by atoms with Gasteiger partial charge in [-0.1, -0.05) is 48.5 Å². The van der Waals surface area contributed by atoms with E-state index in [2.05, 4.69) is 34.6 Å². The number of anilines is 1. The molecule has 0 saturated carbocycles. The molecular weight excluding hydrogens is 476 g/mol. The molecule has 0 radical (unpaired) electrons. The number of hydrogen-bond donors (Lipinski definition) is 1. The average molecular weight is 507 g/mol. The maximum Gasteiger partial charge on any atom is 0.274 e. The fourth-order valence-corrected chi connectivity index (χ4v) is 5.56. The number of hydrogen-bond acceptors (Lipinski definition) is 5. The molecule has 1 saturated heterocycles. The van der Waals surface area contributed by atoms with E-state index >= 15 is 0 Å². The fraction of sp³-hybridized carbons (Fsp3) is 0.258. The van der Waals surface area contributed by atoms with Gasteiger partial charge < -0.3 is 19.5 Å². The van der Waals surface area contributed by atoms with Gasteiger partial charge in [-0.15, -0.1) is 0 Å². The monoisotopic (exact) mass is 506 g/mol. The van der Waals surface area contributed by atoms with Crippen LogP contribution in [0.4, 0.5) is 5.69 Å². The standard InChI is InChI=1S/C31H30N4O3/c36-30(21-38-26-6-2-1-3-7-26)34-18-23-16-25(20-34)29-14-13-28(31(37)35(29)19-23)33-17-22-9-11-24(12-10-22)27-8-4-5-15-32-27/h1-15,23,25,33H,16-21H2/t23-,25+/m0/s1. The normalized spacial score (nSPS) is 17.9. The van der Waals surface area contributed by atoms with Gasteiger partial charge in [-0.3, -0.25) is 14.6 Å². The van der Waals surface area contributed by atoms with E-state index in [1.807, 2.05) is 70.1 Å². The highest BCUT2D eigenvalue weighted by Gasteiger charge is 2.36. The van der Waals surface area contributed by atoms with Crippen molar-refractivity contribution < 1.29 is 9.53 Å². The van der Waals surface area contributed by atoms with E-state index in [-0.39, 0.29) is 29.9 Å². The Labute approximate surface area is 221 Å². The minimum atomic E-state index is -0.00768.